The molecule has 2 N–H and O–H groups in total. The van der Waals surface area contributed by atoms with Crippen molar-refractivity contribution >= 4 is 23.7 Å². The summed E-state index contributed by atoms with van der Waals surface area (Å²) in [5.41, 5.74) is 0.277. The highest BCUT2D eigenvalue weighted by Gasteiger charge is 2.45. The van der Waals surface area contributed by atoms with Crippen molar-refractivity contribution in [1.29, 1.82) is 0 Å². The molecule has 2 saturated heterocycles. The predicted octanol–water partition coefficient (Wildman–Crippen LogP) is -1.24. The number of nitrogens with zero attached hydrogens (tertiary/aromatic N) is 4. The number of amides is 3. The SMILES string of the molecule is O=C1NCCCC1N1C(=O)c2cnc(N3CCNCC3)nc2C1=O. The molecule has 3 amide bonds. The number of aromatic nitrogens is 2. The molecule has 9 heteroatoms. The quantitative estimate of drug-likeness (QED) is 0.653. The number of fused-ring (bicyclic) bond motifs is 1. The lowest BCUT2D eigenvalue weighted by molar-refractivity contribution is -0.126. The highest BCUT2D eigenvalue weighted by atomic mass is 16.2. The molecule has 0 bridgehead atoms. The van der Waals surface area contributed by atoms with E-state index in [0.717, 1.165) is 37.5 Å². The number of carbonyl (C=O) groups is 3. The van der Waals surface area contributed by atoms with Crippen LogP contribution in [0.2, 0.25) is 0 Å². The van der Waals surface area contributed by atoms with Crippen LogP contribution in [0.4, 0.5) is 5.95 Å². The molecule has 4 rings (SSSR count). The van der Waals surface area contributed by atoms with Gasteiger partial charge in [0.05, 0.1) is 5.56 Å². The van der Waals surface area contributed by atoms with Crippen LogP contribution in [0.1, 0.15) is 33.7 Å². The van der Waals surface area contributed by atoms with Crippen molar-refractivity contribution in [3.63, 3.8) is 0 Å². The van der Waals surface area contributed by atoms with Crippen LogP contribution in [0.25, 0.3) is 0 Å². The monoisotopic (exact) mass is 330 g/mol. The van der Waals surface area contributed by atoms with Crippen molar-refractivity contribution in [3.05, 3.63) is 17.5 Å². The summed E-state index contributed by atoms with van der Waals surface area (Å²) in [6.45, 7) is 3.71. The first-order valence-corrected chi connectivity index (χ1v) is 8.15. The lowest BCUT2D eigenvalue weighted by atomic mass is 10.1. The van der Waals surface area contributed by atoms with E-state index in [1.807, 2.05) is 4.90 Å². The number of rotatable bonds is 2. The van der Waals surface area contributed by atoms with Crippen molar-refractivity contribution in [2.24, 2.45) is 0 Å². The van der Waals surface area contributed by atoms with Crippen LogP contribution >= 0.6 is 0 Å². The van der Waals surface area contributed by atoms with Gasteiger partial charge in [-0.05, 0) is 12.8 Å². The molecule has 2 fully saturated rings. The number of hydrogen-bond acceptors (Lipinski definition) is 7. The molecule has 4 heterocycles. The Balaban J connectivity index is 1.64. The first kappa shape index (κ1) is 15.0. The zero-order valence-corrected chi connectivity index (χ0v) is 13.1. The van der Waals surface area contributed by atoms with Gasteiger partial charge in [0.25, 0.3) is 11.8 Å². The van der Waals surface area contributed by atoms with Crippen molar-refractivity contribution in [1.82, 2.24) is 25.5 Å². The molecule has 0 radical (unpaired) electrons. The summed E-state index contributed by atoms with van der Waals surface area (Å²) in [5, 5.41) is 5.94. The molecule has 126 valence electrons. The second kappa shape index (κ2) is 5.82. The number of carbonyl (C=O) groups excluding carboxylic acids is 3. The summed E-state index contributed by atoms with van der Waals surface area (Å²) in [6.07, 6.45) is 2.62. The summed E-state index contributed by atoms with van der Waals surface area (Å²) in [7, 11) is 0. The van der Waals surface area contributed by atoms with E-state index in [1.54, 1.807) is 0 Å². The predicted molar refractivity (Wildman–Crippen MR) is 83.6 cm³/mol. The molecule has 1 atom stereocenters. The minimum absolute atomic E-state index is 0.0990. The van der Waals surface area contributed by atoms with E-state index in [1.165, 1.54) is 6.20 Å². The van der Waals surface area contributed by atoms with Crippen molar-refractivity contribution in [2.75, 3.05) is 37.6 Å². The van der Waals surface area contributed by atoms with E-state index in [-0.39, 0.29) is 17.2 Å². The molecular weight excluding hydrogens is 312 g/mol. The number of piperazine rings is 1. The van der Waals surface area contributed by atoms with Gasteiger partial charge in [-0.2, -0.15) is 0 Å². The first-order valence-electron chi connectivity index (χ1n) is 8.15. The van der Waals surface area contributed by atoms with Gasteiger partial charge in [-0.3, -0.25) is 19.3 Å². The molecule has 0 aliphatic carbocycles. The van der Waals surface area contributed by atoms with Crippen LogP contribution < -0.4 is 15.5 Å². The number of anilines is 1. The summed E-state index contributed by atoms with van der Waals surface area (Å²) in [6, 6.07) is -0.754. The lowest BCUT2D eigenvalue weighted by Crippen LogP contribution is -2.52. The van der Waals surface area contributed by atoms with Crippen LogP contribution in [0.5, 0.6) is 0 Å². The fraction of sp³-hybridized carbons (Fsp3) is 0.533. The Bertz CT molecular complexity index is 715. The van der Waals surface area contributed by atoms with Crippen molar-refractivity contribution < 1.29 is 14.4 Å². The Morgan fingerprint density at radius 2 is 1.88 bits per heavy atom. The Hall–Kier alpha value is -2.55. The largest absolute Gasteiger partial charge is 0.354 e. The molecule has 1 unspecified atom stereocenters. The third kappa shape index (κ3) is 2.32. The minimum Gasteiger partial charge on any atom is -0.354 e. The molecule has 3 aliphatic rings. The van der Waals surface area contributed by atoms with Crippen LogP contribution in [0.15, 0.2) is 6.20 Å². The number of piperidine rings is 1. The van der Waals surface area contributed by atoms with Gasteiger partial charge in [0.15, 0.2) is 0 Å². The average molecular weight is 330 g/mol. The molecule has 1 aromatic rings. The van der Waals surface area contributed by atoms with E-state index in [4.69, 9.17) is 0 Å². The van der Waals surface area contributed by atoms with E-state index < -0.39 is 17.9 Å². The van der Waals surface area contributed by atoms with Gasteiger partial charge < -0.3 is 15.5 Å². The van der Waals surface area contributed by atoms with Crippen molar-refractivity contribution in [3.8, 4) is 0 Å². The lowest BCUT2D eigenvalue weighted by Gasteiger charge is -2.28. The van der Waals surface area contributed by atoms with Gasteiger partial charge in [-0.1, -0.05) is 0 Å². The Morgan fingerprint density at radius 3 is 2.62 bits per heavy atom. The summed E-state index contributed by atoms with van der Waals surface area (Å²) >= 11 is 0. The van der Waals surface area contributed by atoms with Crippen molar-refractivity contribution in [2.45, 2.75) is 18.9 Å². The molecular formula is C15H18N6O3. The fourth-order valence-electron chi connectivity index (χ4n) is 3.33. The summed E-state index contributed by atoms with van der Waals surface area (Å²) in [5.74, 6) is -0.822. The Morgan fingerprint density at radius 1 is 1.08 bits per heavy atom. The van der Waals surface area contributed by atoms with Gasteiger partial charge in [0.1, 0.15) is 11.7 Å². The maximum absolute atomic E-state index is 12.7. The molecule has 1 aromatic heterocycles. The van der Waals surface area contributed by atoms with Gasteiger partial charge >= 0.3 is 0 Å². The van der Waals surface area contributed by atoms with Crippen LogP contribution in [0, 0.1) is 0 Å². The van der Waals surface area contributed by atoms with E-state index in [2.05, 4.69) is 20.6 Å². The summed E-state index contributed by atoms with van der Waals surface area (Å²) < 4.78 is 0. The topological polar surface area (TPSA) is 108 Å². The zero-order valence-electron chi connectivity index (χ0n) is 13.1. The second-order valence-electron chi connectivity index (χ2n) is 6.10. The number of imide groups is 1. The van der Waals surface area contributed by atoms with Crippen LogP contribution in [0.3, 0.4) is 0 Å². The molecule has 0 aromatic carbocycles. The van der Waals surface area contributed by atoms with Gasteiger partial charge in [0, 0.05) is 38.9 Å². The van der Waals surface area contributed by atoms with E-state index >= 15 is 0 Å². The Kier molecular flexibility index (Phi) is 3.64. The van der Waals surface area contributed by atoms with Gasteiger partial charge in [0.2, 0.25) is 11.9 Å². The summed E-state index contributed by atoms with van der Waals surface area (Å²) in [4.78, 5) is 48.9. The smallest absolute Gasteiger partial charge is 0.281 e. The van der Waals surface area contributed by atoms with E-state index in [0.29, 0.717) is 18.9 Å². The molecule has 0 saturated carbocycles. The first-order chi connectivity index (χ1) is 11.7. The minimum atomic E-state index is -0.754. The third-order valence-corrected chi connectivity index (χ3v) is 4.61. The standard InChI is InChI=1S/C15H18N6O3/c22-12-10(2-1-3-17-12)21-13(23)9-8-18-15(19-11(9)14(21)24)20-6-4-16-5-7-20/h8,10,16H,1-7H2,(H,17,22). The van der Waals surface area contributed by atoms with Crippen LogP contribution in [-0.2, 0) is 4.79 Å². The second-order valence-corrected chi connectivity index (χ2v) is 6.10. The van der Waals surface area contributed by atoms with E-state index in [9.17, 15) is 14.4 Å². The Labute approximate surface area is 138 Å². The maximum atomic E-state index is 12.7. The fourth-order valence-corrected chi connectivity index (χ4v) is 3.33. The molecule has 3 aliphatic heterocycles. The average Bonchev–Trinajstić information content (AvgIpc) is 2.87. The molecule has 9 nitrogen and oxygen atoms in total. The molecule has 24 heavy (non-hydrogen) atoms. The normalized spacial score (nSPS) is 24.2. The number of nitrogens with one attached hydrogen (secondary N) is 2. The van der Waals surface area contributed by atoms with Gasteiger partial charge in [-0.15, -0.1) is 0 Å². The highest BCUT2D eigenvalue weighted by molar-refractivity contribution is 6.22. The maximum Gasteiger partial charge on any atom is 0.281 e. The molecule has 0 spiro atoms. The number of hydrogen-bond donors (Lipinski definition) is 2. The highest BCUT2D eigenvalue weighted by Crippen LogP contribution is 2.27. The van der Waals surface area contributed by atoms with Gasteiger partial charge in [-0.25, -0.2) is 9.97 Å². The zero-order chi connectivity index (χ0) is 16.7. The van der Waals surface area contributed by atoms with Crippen LogP contribution in [-0.4, -0.2) is 71.4 Å². The third-order valence-electron chi connectivity index (χ3n) is 4.61.